The van der Waals surface area contributed by atoms with Gasteiger partial charge in [-0.1, -0.05) is 36.4 Å². The predicted molar refractivity (Wildman–Crippen MR) is 136 cm³/mol. The maximum Gasteiger partial charge on any atom is 0.221 e. The highest BCUT2D eigenvalue weighted by Gasteiger charge is 2.43. The molecule has 190 valence electrons. The highest BCUT2D eigenvalue weighted by molar-refractivity contribution is 7.89. The number of aromatic nitrogens is 3. The van der Waals surface area contributed by atoms with E-state index in [0.717, 1.165) is 43.4 Å². The lowest BCUT2D eigenvalue weighted by Gasteiger charge is -2.41. The Morgan fingerprint density at radius 2 is 1.61 bits per heavy atom. The molecule has 36 heavy (non-hydrogen) atoms. The Morgan fingerprint density at radius 3 is 2.28 bits per heavy atom. The van der Waals surface area contributed by atoms with Gasteiger partial charge in [0.15, 0.2) is 0 Å². The van der Waals surface area contributed by atoms with Gasteiger partial charge in [-0.25, -0.2) is 12.8 Å². The lowest BCUT2D eigenvalue weighted by atomic mass is 9.96. The zero-order chi connectivity index (χ0) is 24.9. The number of sulfonamides is 1. The van der Waals surface area contributed by atoms with E-state index in [1.165, 1.54) is 4.31 Å². The minimum atomic E-state index is -3.60. The molecule has 3 aromatic rings. The molecule has 4 atom stereocenters. The third-order valence-corrected chi connectivity index (χ3v) is 10.8. The molecule has 4 heterocycles. The maximum absolute atomic E-state index is 15.5. The molecule has 3 fully saturated rings. The highest BCUT2D eigenvalue weighted by Crippen LogP contribution is 2.44. The Kier molecular flexibility index (Phi) is 6.08. The lowest BCUT2D eigenvalue weighted by molar-refractivity contribution is 0.279. The lowest BCUT2D eigenvalue weighted by Crippen LogP contribution is -2.45. The topological polar surface area (TPSA) is 71.3 Å². The van der Waals surface area contributed by atoms with Crippen LogP contribution in [0.4, 0.5) is 10.1 Å². The van der Waals surface area contributed by atoms with Crippen molar-refractivity contribution in [2.75, 3.05) is 4.90 Å². The SMILES string of the molecule is CC1CCC(c2ccccc2)S(=O)(=O)N1Cc1ccc(N2C3CCC2CC(n2cnnc2)C3)cc1F. The third kappa shape index (κ3) is 4.12. The van der Waals surface area contributed by atoms with E-state index in [-0.39, 0.29) is 18.4 Å². The molecule has 2 bridgehead atoms. The van der Waals surface area contributed by atoms with Crippen molar-refractivity contribution in [2.45, 2.75) is 81.4 Å². The van der Waals surface area contributed by atoms with Crippen molar-refractivity contribution < 1.29 is 12.8 Å². The Morgan fingerprint density at radius 1 is 0.917 bits per heavy atom. The van der Waals surface area contributed by atoms with Crippen LogP contribution >= 0.6 is 0 Å². The van der Waals surface area contributed by atoms with E-state index in [0.29, 0.717) is 30.1 Å². The van der Waals surface area contributed by atoms with Crippen LogP contribution in [-0.2, 0) is 16.6 Å². The van der Waals surface area contributed by atoms with Gasteiger partial charge in [0.05, 0.1) is 0 Å². The average Bonchev–Trinajstić information content (AvgIpc) is 3.49. The molecule has 3 aliphatic heterocycles. The fourth-order valence-corrected chi connectivity index (χ4v) is 8.74. The third-order valence-electron chi connectivity index (χ3n) is 8.42. The van der Waals surface area contributed by atoms with Crippen molar-refractivity contribution in [1.29, 1.82) is 0 Å². The second-order valence-corrected chi connectivity index (χ2v) is 12.6. The number of halogens is 1. The highest BCUT2D eigenvalue weighted by atomic mass is 32.2. The van der Waals surface area contributed by atoms with Gasteiger partial charge < -0.3 is 9.47 Å². The van der Waals surface area contributed by atoms with Crippen LogP contribution in [0.25, 0.3) is 0 Å². The van der Waals surface area contributed by atoms with E-state index in [2.05, 4.69) is 19.7 Å². The fraction of sp³-hybridized carbons (Fsp3) is 0.481. The first kappa shape index (κ1) is 23.6. The van der Waals surface area contributed by atoms with Gasteiger partial charge >= 0.3 is 0 Å². The van der Waals surface area contributed by atoms with Gasteiger partial charge in [0, 0.05) is 42.0 Å². The molecule has 0 amide bonds. The number of hydrogen-bond donors (Lipinski definition) is 0. The summed E-state index contributed by atoms with van der Waals surface area (Å²) in [7, 11) is -3.60. The van der Waals surface area contributed by atoms with E-state index in [1.54, 1.807) is 24.8 Å². The van der Waals surface area contributed by atoms with Gasteiger partial charge in [0.1, 0.15) is 23.7 Å². The number of hydrogen-bond acceptors (Lipinski definition) is 5. The normalized spacial score (nSPS) is 29.9. The van der Waals surface area contributed by atoms with Gasteiger partial charge in [-0.05, 0) is 63.1 Å². The first-order valence-electron chi connectivity index (χ1n) is 12.9. The molecule has 6 rings (SSSR count). The number of benzene rings is 2. The molecule has 7 nitrogen and oxygen atoms in total. The van der Waals surface area contributed by atoms with Gasteiger partial charge in [-0.2, -0.15) is 4.31 Å². The van der Waals surface area contributed by atoms with Gasteiger partial charge in [0.25, 0.3) is 0 Å². The van der Waals surface area contributed by atoms with Crippen LogP contribution in [0, 0.1) is 5.82 Å². The zero-order valence-corrected chi connectivity index (χ0v) is 21.3. The van der Waals surface area contributed by atoms with E-state index in [9.17, 15) is 8.42 Å². The summed E-state index contributed by atoms with van der Waals surface area (Å²) in [5.74, 6) is -0.336. The Balaban J connectivity index is 1.21. The number of fused-ring (bicyclic) bond motifs is 2. The molecular weight excluding hydrogens is 477 g/mol. The largest absolute Gasteiger partial charge is 0.365 e. The van der Waals surface area contributed by atoms with Gasteiger partial charge in [0.2, 0.25) is 10.0 Å². The minimum absolute atomic E-state index is 0.0571. The summed E-state index contributed by atoms with van der Waals surface area (Å²) in [4.78, 5) is 2.37. The zero-order valence-electron chi connectivity index (χ0n) is 20.4. The molecule has 3 saturated heterocycles. The van der Waals surface area contributed by atoms with Crippen LogP contribution in [0.15, 0.2) is 61.2 Å². The molecule has 9 heteroatoms. The number of anilines is 1. The van der Waals surface area contributed by atoms with E-state index in [4.69, 9.17) is 0 Å². The summed E-state index contributed by atoms with van der Waals surface area (Å²) in [5, 5.41) is 7.33. The Hall–Kier alpha value is -2.78. The first-order chi connectivity index (χ1) is 17.4. The van der Waals surface area contributed by atoms with Crippen LogP contribution < -0.4 is 4.90 Å². The number of nitrogens with zero attached hydrogens (tertiary/aromatic N) is 5. The monoisotopic (exact) mass is 509 g/mol. The molecule has 0 spiro atoms. The second kappa shape index (κ2) is 9.27. The summed E-state index contributed by atoms with van der Waals surface area (Å²) in [6.45, 7) is 1.98. The van der Waals surface area contributed by atoms with Crippen LogP contribution in [0.3, 0.4) is 0 Å². The quantitative estimate of drug-likeness (QED) is 0.492. The van der Waals surface area contributed by atoms with Crippen molar-refractivity contribution in [2.24, 2.45) is 0 Å². The summed E-state index contributed by atoms with van der Waals surface area (Å²) in [6, 6.07) is 15.6. The standard InChI is InChI=1S/C27H32FN5O2S/c1-19-7-12-27(20-5-3-2-4-6-20)36(34,35)32(19)16-21-8-9-24(15-26(21)28)33-22-10-11-23(33)14-25(13-22)31-17-29-30-18-31/h2-6,8-9,15,17-19,22-23,25,27H,7,10-14,16H2,1H3. The fourth-order valence-electron chi connectivity index (χ4n) is 6.56. The minimum Gasteiger partial charge on any atom is -0.365 e. The molecule has 0 N–H and O–H groups in total. The molecule has 3 aliphatic rings. The van der Waals surface area contributed by atoms with E-state index >= 15 is 4.39 Å². The van der Waals surface area contributed by atoms with Crippen molar-refractivity contribution in [3.05, 3.63) is 78.1 Å². The van der Waals surface area contributed by atoms with Crippen molar-refractivity contribution in [3.8, 4) is 0 Å². The molecule has 4 unspecified atom stereocenters. The van der Waals surface area contributed by atoms with Crippen LogP contribution in [-0.4, -0.2) is 45.6 Å². The second-order valence-electron chi connectivity index (χ2n) is 10.5. The number of rotatable bonds is 5. The first-order valence-corrected chi connectivity index (χ1v) is 14.4. The Labute approximate surface area is 212 Å². The van der Waals surface area contributed by atoms with Crippen molar-refractivity contribution >= 4 is 15.7 Å². The molecule has 1 aromatic heterocycles. The van der Waals surface area contributed by atoms with Crippen molar-refractivity contribution in [1.82, 2.24) is 19.1 Å². The summed E-state index contributed by atoms with van der Waals surface area (Å²) in [6.07, 6.45) is 9.07. The summed E-state index contributed by atoms with van der Waals surface area (Å²) >= 11 is 0. The molecular formula is C27H32FN5O2S. The van der Waals surface area contributed by atoms with E-state index < -0.39 is 15.3 Å². The molecule has 2 aromatic carbocycles. The predicted octanol–water partition coefficient (Wildman–Crippen LogP) is 4.85. The molecule has 0 aliphatic carbocycles. The number of piperidine rings is 1. The van der Waals surface area contributed by atoms with Crippen LogP contribution in [0.1, 0.15) is 67.9 Å². The average molecular weight is 510 g/mol. The summed E-state index contributed by atoms with van der Waals surface area (Å²) < 4.78 is 46.2. The smallest absolute Gasteiger partial charge is 0.221 e. The molecule has 0 saturated carbocycles. The van der Waals surface area contributed by atoms with Crippen molar-refractivity contribution in [3.63, 3.8) is 0 Å². The summed E-state index contributed by atoms with van der Waals surface area (Å²) in [5.41, 5.74) is 2.12. The van der Waals surface area contributed by atoms with Crippen LogP contribution in [0.5, 0.6) is 0 Å². The maximum atomic E-state index is 15.5. The Bertz CT molecular complexity index is 1300. The molecule has 0 radical (unpaired) electrons. The van der Waals surface area contributed by atoms with Gasteiger partial charge in [-0.15, -0.1) is 10.2 Å². The van der Waals surface area contributed by atoms with Crippen LogP contribution in [0.2, 0.25) is 0 Å². The van der Waals surface area contributed by atoms with Gasteiger partial charge in [-0.3, -0.25) is 0 Å². The van der Waals surface area contributed by atoms with E-state index in [1.807, 2.05) is 43.3 Å².